The lowest BCUT2D eigenvalue weighted by Gasteiger charge is -2.27. The molecule has 3 aromatic rings. The molecule has 0 atom stereocenters. The first-order valence-corrected chi connectivity index (χ1v) is 9.38. The van der Waals surface area contributed by atoms with Crippen LogP contribution in [0.15, 0.2) is 30.3 Å². The molecule has 0 unspecified atom stereocenters. The van der Waals surface area contributed by atoms with Gasteiger partial charge in [-0.2, -0.15) is 9.97 Å². The van der Waals surface area contributed by atoms with Crippen molar-refractivity contribution in [3.63, 3.8) is 0 Å². The standard InChI is InChI=1S/C20H23N5O3/c1-3-28-19(26)14-4-6-15(7-5-14)22-18-16-12-13(2)21-17(16)23-20(24-18)25-8-10-27-11-9-25/h4-7,12H,3,8-11H2,1-2H3,(H2,21,22,23,24). The van der Waals surface area contributed by atoms with Gasteiger partial charge in [0.05, 0.1) is 30.8 Å². The predicted octanol–water partition coefficient (Wildman–Crippen LogP) is 3.02. The van der Waals surface area contributed by atoms with Gasteiger partial charge in [0.15, 0.2) is 0 Å². The second-order valence-corrected chi connectivity index (χ2v) is 6.61. The van der Waals surface area contributed by atoms with E-state index >= 15 is 0 Å². The van der Waals surface area contributed by atoms with Gasteiger partial charge in [-0.3, -0.25) is 0 Å². The molecule has 0 radical (unpaired) electrons. The van der Waals surface area contributed by atoms with E-state index in [1.54, 1.807) is 19.1 Å². The number of benzene rings is 1. The van der Waals surface area contributed by atoms with Crippen LogP contribution < -0.4 is 10.2 Å². The Balaban J connectivity index is 1.64. The molecule has 0 amide bonds. The van der Waals surface area contributed by atoms with Crippen molar-refractivity contribution in [2.75, 3.05) is 43.1 Å². The maximum Gasteiger partial charge on any atom is 0.338 e. The fourth-order valence-corrected chi connectivity index (χ4v) is 3.17. The molecule has 1 aromatic carbocycles. The number of hydrogen-bond acceptors (Lipinski definition) is 7. The Kier molecular flexibility index (Phi) is 5.12. The summed E-state index contributed by atoms with van der Waals surface area (Å²) in [4.78, 5) is 26.7. The minimum Gasteiger partial charge on any atom is -0.462 e. The first-order valence-electron chi connectivity index (χ1n) is 9.38. The van der Waals surface area contributed by atoms with Gasteiger partial charge in [-0.15, -0.1) is 0 Å². The van der Waals surface area contributed by atoms with E-state index in [0.29, 0.717) is 31.3 Å². The van der Waals surface area contributed by atoms with Crippen molar-refractivity contribution >= 4 is 34.5 Å². The van der Waals surface area contributed by atoms with Gasteiger partial charge < -0.3 is 24.7 Å². The number of hydrogen-bond donors (Lipinski definition) is 2. The highest BCUT2D eigenvalue weighted by molar-refractivity contribution is 5.92. The van der Waals surface area contributed by atoms with Crippen LogP contribution in [0, 0.1) is 6.92 Å². The highest BCUT2D eigenvalue weighted by atomic mass is 16.5. The molecule has 146 valence electrons. The molecule has 1 saturated heterocycles. The Morgan fingerprint density at radius 1 is 1.25 bits per heavy atom. The maximum atomic E-state index is 11.8. The van der Waals surface area contributed by atoms with Crippen LogP contribution in [0.4, 0.5) is 17.5 Å². The smallest absolute Gasteiger partial charge is 0.338 e. The van der Waals surface area contributed by atoms with Crippen molar-refractivity contribution in [1.82, 2.24) is 15.0 Å². The molecular formula is C20H23N5O3. The molecular weight excluding hydrogens is 358 g/mol. The number of H-pyrrole nitrogens is 1. The number of nitrogens with one attached hydrogen (secondary N) is 2. The molecule has 8 heteroatoms. The number of esters is 1. The van der Waals surface area contributed by atoms with E-state index in [9.17, 15) is 4.79 Å². The summed E-state index contributed by atoms with van der Waals surface area (Å²) in [5.74, 6) is 1.07. The second kappa shape index (κ2) is 7.85. The number of morpholine rings is 1. The number of nitrogens with zero attached hydrogens (tertiary/aromatic N) is 3. The van der Waals surface area contributed by atoms with Gasteiger partial charge in [-0.25, -0.2) is 4.79 Å². The van der Waals surface area contributed by atoms with Gasteiger partial charge in [0.2, 0.25) is 5.95 Å². The molecule has 1 fully saturated rings. The number of aromatic nitrogens is 3. The van der Waals surface area contributed by atoms with Crippen LogP contribution in [0.3, 0.4) is 0 Å². The number of carbonyl (C=O) groups is 1. The largest absolute Gasteiger partial charge is 0.462 e. The summed E-state index contributed by atoms with van der Waals surface area (Å²) in [6, 6.07) is 9.18. The predicted molar refractivity (Wildman–Crippen MR) is 107 cm³/mol. The summed E-state index contributed by atoms with van der Waals surface area (Å²) in [6.07, 6.45) is 0. The van der Waals surface area contributed by atoms with E-state index in [1.807, 2.05) is 25.1 Å². The molecule has 2 aromatic heterocycles. The molecule has 0 saturated carbocycles. The maximum absolute atomic E-state index is 11.8. The molecule has 0 aliphatic carbocycles. The van der Waals surface area contributed by atoms with Gasteiger partial charge in [0, 0.05) is 24.5 Å². The molecule has 3 heterocycles. The lowest BCUT2D eigenvalue weighted by molar-refractivity contribution is 0.0526. The fraction of sp³-hybridized carbons (Fsp3) is 0.350. The number of aryl methyl sites for hydroxylation is 1. The van der Waals surface area contributed by atoms with Gasteiger partial charge in [-0.05, 0) is 44.2 Å². The third-order valence-corrected chi connectivity index (χ3v) is 4.56. The summed E-state index contributed by atoms with van der Waals surface area (Å²) in [7, 11) is 0. The zero-order chi connectivity index (χ0) is 19.5. The van der Waals surface area contributed by atoms with Crippen LogP contribution in [0.2, 0.25) is 0 Å². The number of aromatic amines is 1. The van der Waals surface area contributed by atoms with Crippen molar-refractivity contribution in [3.8, 4) is 0 Å². The van der Waals surface area contributed by atoms with Gasteiger partial charge in [0.1, 0.15) is 11.5 Å². The minimum atomic E-state index is -0.325. The number of rotatable bonds is 5. The minimum absolute atomic E-state index is 0.325. The molecule has 1 aliphatic rings. The average molecular weight is 381 g/mol. The van der Waals surface area contributed by atoms with Crippen molar-refractivity contribution < 1.29 is 14.3 Å². The van der Waals surface area contributed by atoms with E-state index in [0.717, 1.165) is 41.3 Å². The molecule has 4 rings (SSSR count). The lowest BCUT2D eigenvalue weighted by Crippen LogP contribution is -2.37. The third-order valence-electron chi connectivity index (χ3n) is 4.56. The van der Waals surface area contributed by atoms with E-state index in [2.05, 4.69) is 20.2 Å². The molecule has 28 heavy (non-hydrogen) atoms. The van der Waals surface area contributed by atoms with Crippen LogP contribution in [-0.2, 0) is 9.47 Å². The summed E-state index contributed by atoms with van der Waals surface area (Å²) >= 11 is 0. The quantitative estimate of drug-likeness (QED) is 0.656. The summed E-state index contributed by atoms with van der Waals surface area (Å²) in [6.45, 7) is 7.01. The van der Waals surface area contributed by atoms with Crippen molar-refractivity contribution in [2.45, 2.75) is 13.8 Å². The van der Waals surface area contributed by atoms with Crippen LogP contribution in [0.5, 0.6) is 0 Å². The first kappa shape index (κ1) is 18.2. The van der Waals surface area contributed by atoms with Crippen molar-refractivity contribution in [3.05, 3.63) is 41.6 Å². The SMILES string of the molecule is CCOC(=O)c1ccc(Nc2nc(N3CCOCC3)nc3[nH]c(C)cc23)cc1. The number of fused-ring (bicyclic) bond motifs is 1. The number of ether oxygens (including phenoxy) is 2. The lowest BCUT2D eigenvalue weighted by atomic mass is 10.2. The van der Waals surface area contributed by atoms with Crippen LogP contribution in [0.1, 0.15) is 23.0 Å². The fourth-order valence-electron chi connectivity index (χ4n) is 3.17. The highest BCUT2D eigenvalue weighted by Gasteiger charge is 2.18. The molecule has 1 aliphatic heterocycles. The zero-order valence-corrected chi connectivity index (χ0v) is 16.0. The highest BCUT2D eigenvalue weighted by Crippen LogP contribution is 2.27. The molecule has 0 spiro atoms. The van der Waals surface area contributed by atoms with Crippen LogP contribution >= 0.6 is 0 Å². The van der Waals surface area contributed by atoms with Gasteiger partial charge >= 0.3 is 5.97 Å². The van der Waals surface area contributed by atoms with E-state index in [4.69, 9.17) is 14.5 Å². The monoisotopic (exact) mass is 381 g/mol. The van der Waals surface area contributed by atoms with Gasteiger partial charge in [-0.1, -0.05) is 0 Å². The Hall–Kier alpha value is -3.13. The van der Waals surface area contributed by atoms with Crippen LogP contribution in [-0.4, -0.2) is 53.8 Å². The molecule has 2 N–H and O–H groups in total. The van der Waals surface area contributed by atoms with E-state index in [1.165, 1.54) is 0 Å². The van der Waals surface area contributed by atoms with E-state index in [-0.39, 0.29) is 5.97 Å². The van der Waals surface area contributed by atoms with Gasteiger partial charge in [0.25, 0.3) is 0 Å². The van der Waals surface area contributed by atoms with E-state index < -0.39 is 0 Å². The molecule has 0 bridgehead atoms. The Morgan fingerprint density at radius 2 is 2.00 bits per heavy atom. The average Bonchev–Trinajstić information content (AvgIpc) is 3.10. The Morgan fingerprint density at radius 3 is 2.71 bits per heavy atom. The van der Waals surface area contributed by atoms with Crippen molar-refractivity contribution in [2.24, 2.45) is 0 Å². The summed E-state index contributed by atoms with van der Waals surface area (Å²) < 4.78 is 10.5. The summed E-state index contributed by atoms with van der Waals surface area (Å²) in [5.41, 5.74) is 3.16. The van der Waals surface area contributed by atoms with Crippen molar-refractivity contribution in [1.29, 1.82) is 0 Å². The Labute approximate surface area is 162 Å². The number of carbonyl (C=O) groups excluding carboxylic acids is 1. The first-order chi connectivity index (χ1) is 13.6. The number of anilines is 3. The normalized spacial score (nSPS) is 14.3. The van der Waals surface area contributed by atoms with Crippen LogP contribution in [0.25, 0.3) is 11.0 Å². The third kappa shape index (κ3) is 3.77. The topological polar surface area (TPSA) is 92.4 Å². The zero-order valence-electron chi connectivity index (χ0n) is 16.0. The summed E-state index contributed by atoms with van der Waals surface area (Å²) in [5, 5.41) is 4.28. The second-order valence-electron chi connectivity index (χ2n) is 6.61. The molecule has 8 nitrogen and oxygen atoms in total. The Bertz CT molecular complexity index is 977.